The van der Waals surface area contributed by atoms with Gasteiger partial charge < -0.3 is 10.4 Å². The molecule has 0 bridgehead atoms. The number of hydrogen-bond donors (Lipinski definition) is 2. The summed E-state index contributed by atoms with van der Waals surface area (Å²) in [5.74, 6) is 0. The Morgan fingerprint density at radius 1 is 1.25 bits per heavy atom. The van der Waals surface area contributed by atoms with Crippen molar-refractivity contribution in [3.8, 4) is 0 Å². The molecule has 0 aliphatic heterocycles. The number of halogens is 3. The monoisotopic (exact) mass is 242 g/mol. The molecule has 98 valence electrons. The lowest BCUT2D eigenvalue weighted by Crippen LogP contribution is -2.56. The second-order valence-corrected chi connectivity index (χ2v) is 4.81. The van der Waals surface area contributed by atoms with Gasteiger partial charge in [0.1, 0.15) is 0 Å². The molecule has 0 radical (unpaired) electrons. The van der Waals surface area contributed by atoms with Crippen molar-refractivity contribution in [2.45, 2.75) is 38.5 Å². The second kappa shape index (κ2) is 5.84. The lowest BCUT2D eigenvalue weighted by molar-refractivity contribution is -0.145. The SMILES string of the molecule is CC(C)NC(C)(CO)CN(C)CC(F)(F)F. The molecule has 0 aromatic carbocycles. The van der Waals surface area contributed by atoms with Gasteiger partial charge in [-0.05, 0) is 14.0 Å². The minimum Gasteiger partial charge on any atom is -0.394 e. The molecule has 0 fully saturated rings. The maximum atomic E-state index is 12.1. The normalized spacial score (nSPS) is 16.9. The molecule has 3 nitrogen and oxygen atoms in total. The molecule has 0 spiro atoms. The van der Waals surface area contributed by atoms with Crippen LogP contribution in [0, 0.1) is 0 Å². The van der Waals surface area contributed by atoms with E-state index in [1.165, 1.54) is 7.05 Å². The maximum absolute atomic E-state index is 12.1. The number of rotatable bonds is 6. The first kappa shape index (κ1) is 15.7. The van der Waals surface area contributed by atoms with E-state index in [9.17, 15) is 18.3 Å². The van der Waals surface area contributed by atoms with Crippen LogP contribution in [0.15, 0.2) is 0 Å². The number of alkyl halides is 3. The third kappa shape index (κ3) is 7.03. The summed E-state index contributed by atoms with van der Waals surface area (Å²) in [6.07, 6.45) is -4.21. The molecule has 0 aliphatic carbocycles. The number of likely N-dealkylation sites (N-methyl/N-ethyl adjacent to an activating group) is 1. The Morgan fingerprint density at radius 3 is 2.06 bits per heavy atom. The Balaban J connectivity index is 4.30. The Labute approximate surface area is 94.6 Å². The van der Waals surface area contributed by atoms with E-state index in [2.05, 4.69) is 5.32 Å². The lowest BCUT2D eigenvalue weighted by atomic mass is 10.0. The molecule has 0 aromatic rings. The van der Waals surface area contributed by atoms with Gasteiger partial charge in [0.05, 0.1) is 18.7 Å². The standard InChI is InChI=1S/C10H21F3N2O/c1-8(2)14-9(3,7-16)5-15(4)6-10(11,12)13/h8,14,16H,5-7H2,1-4H3. The summed E-state index contributed by atoms with van der Waals surface area (Å²) in [7, 11) is 1.39. The summed E-state index contributed by atoms with van der Waals surface area (Å²) < 4.78 is 36.4. The fourth-order valence-corrected chi connectivity index (χ4v) is 1.80. The van der Waals surface area contributed by atoms with Crippen LogP contribution in [-0.4, -0.2) is 54.5 Å². The van der Waals surface area contributed by atoms with Crippen LogP contribution < -0.4 is 5.32 Å². The van der Waals surface area contributed by atoms with E-state index in [1.54, 1.807) is 6.92 Å². The zero-order valence-electron chi connectivity index (χ0n) is 10.2. The predicted molar refractivity (Wildman–Crippen MR) is 57.3 cm³/mol. The average molecular weight is 242 g/mol. The fourth-order valence-electron chi connectivity index (χ4n) is 1.80. The Morgan fingerprint density at radius 2 is 1.75 bits per heavy atom. The number of aliphatic hydroxyl groups is 1. The quantitative estimate of drug-likeness (QED) is 0.735. The summed E-state index contributed by atoms with van der Waals surface area (Å²) in [4.78, 5) is 1.16. The van der Waals surface area contributed by atoms with Gasteiger partial charge in [0.2, 0.25) is 0 Å². The summed E-state index contributed by atoms with van der Waals surface area (Å²) in [6, 6.07) is 0.108. The van der Waals surface area contributed by atoms with Gasteiger partial charge in [-0.15, -0.1) is 0 Å². The molecular formula is C10H21F3N2O. The van der Waals surface area contributed by atoms with Gasteiger partial charge in [0, 0.05) is 12.6 Å². The maximum Gasteiger partial charge on any atom is 0.401 e. The highest BCUT2D eigenvalue weighted by atomic mass is 19.4. The van der Waals surface area contributed by atoms with Crippen molar-refractivity contribution in [3.05, 3.63) is 0 Å². The van der Waals surface area contributed by atoms with E-state index in [4.69, 9.17) is 0 Å². The molecule has 0 aromatic heterocycles. The minimum atomic E-state index is -4.21. The van der Waals surface area contributed by atoms with Crippen LogP contribution in [0.5, 0.6) is 0 Å². The van der Waals surface area contributed by atoms with Gasteiger partial charge in [-0.1, -0.05) is 13.8 Å². The number of hydrogen-bond acceptors (Lipinski definition) is 3. The molecule has 0 aliphatic rings. The molecule has 6 heteroatoms. The summed E-state index contributed by atoms with van der Waals surface area (Å²) in [5, 5.41) is 12.3. The molecule has 0 amide bonds. The van der Waals surface area contributed by atoms with Crippen molar-refractivity contribution < 1.29 is 18.3 Å². The topological polar surface area (TPSA) is 35.5 Å². The zero-order chi connectivity index (χ0) is 13.0. The molecular weight excluding hydrogens is 221 g/mol. The summed E-state index contributed by atoms with van der Waals surface area (Å²) >= 11 is 0. The molecule has 16 heavy (non-hydrogen) atoms. The van der Waals surface area contributed by atoms with Crippen LogP contribution in [-0.2, 0) is 0 Å². The molecule has 1 unspecified atom stereocenters. The van der Waals surface area contributed by atoms with Crippen LogP contribution in [0.25, 0.3) is 0 Å². The first-order chi connectivity index (χ1) is 7.08. The number of aliphatic hydroxyl groups excluding tert-OH is 1. The highest BCUT2D eigenvalue weighted by Gasteiger charge is 2.33. The van der Waals surface area contributed by atoms with Gasteiger partial charge in [-0.25, -0.2) is 0 Å². The first-order valence-electron chi connectivity index (χ1n) is 5.22. The van der Waals surface area contributed by atoms with Gasteiger partial charge in [0.25, 0.3) is 0 Å². The third-order valence-electron chi connectivity index (χ3n) is 2.05. The molecule has 0 saturated heterocycles. The Bertz CT molecular complexity index is 209. The highest BCUT2D eigenvalue weighted by molar-refractivity contribution is 4.87. The summed E-state index contributed by atoms with van der Waals surface area (Å²) in [5.41, 5.74) is -0.714. The van der Waals surface area contributed by atoms with Crippen molar-refractivity contribution >= 4 is 0 Å². The fraction of sp³-hybridized carbons (Fsp3) is 1.00. The second-order valence-electron chi connectivity index (χ2n) is 4.81. The van der Waals surface area contributed by atoms with Crippen LogP contribution >= 0.6 is 0 Å². The van der Waals surface area contributed by atoms with E-state index in [1.807, 2.05) is 13.8 Å². The van der Waals surface area contributed by atoms with Crippen LogP contribution in [0.1, 0.15) is 20.8 Å². The van der Waals surface area contributed by atoms with Crippen LogP contribution in [0.2, 0.25) is 0 Å². The predicted octanol–water partition coefficient (Wildman–Crippen LogP) is 1.23. The van der Waals surface area contributed by atoms with Crippen molar-refractivity contribution in [3.63, 3.8) is 0 Å². The van der Waals surface area contributed by atoms with E-state index < -0.39 is 18.3 Å². The Hall–Kier alpha value is -0.330. The molecule has 0 saturated carbocycles. The summed E-state index contributed by atoms with van der Waals surface area (Å²) in [6.45, 7) is 4.45. The highest BCUT2D eigenvalue weighted by Crippen LogP contribution is 2.17. The van der Waals surface area contributed by atoms with Crippen molar-refractivity contribution in [2.24, 2.45) is 0 Å². The molecule has 0 rings (SSSR count). The van der Waals surface area contributed by atoms with Crippen LogP contribution in [0.4, 0.5) is 13.2 Å². The third-order valence-corrected chi connectivity index (χ3v) is 2.05. The van der Waals surface area contributed by atoms with Crippen molar-refractivity contribution in [1.29, 1.82) is 0 Å². The van der Waals surface area contributed by atoms with Gasteiger partial charge in [-0.3, -0.25) is 4.90 Å². The molecule has 2 N–H and O–H groups in total. The molecule has 0 heterocycles. The van der Waals surface area contributed by atoms with Gasteiger partial charge >= 0.3 is 6.18 Å². The smallest absolute Gasteiger partial charge is 0.394 e. The van der Waals surface area contributed by atoms with Crippen molar-refractivity contribution in [2.75, 3.05) is 26.7 Å². The van der Waals surface area contributed by atoms with Gasteiger partial charge in [-0.2, -0.15) is 13.2 Å². The average Bonchev–Trinajstić information content (AvgIpc) is 1.98. The number of nitrogens with one attached hydrogen (secondary N) is 1. The lowest BCUT2D eigenvalue weighted by Gasteiger charge is -2.35. The minimum absolute atomic E-state index is 0.108. The molecule has 1 atom stereocenters. The Kier molecular flexibility index (Phi) is 5.72. The van der Waals surface area contributed by atoms with E-state index in [-0.39, 0.29) is 19.2 Å². The zero-order valence-corrected chi connectivity index (χ0v) is 10.2. The van der Waals surface area contributed by atoms with E-state index >= 15 is 0 Å². The van der Waals surface area contributed by atoms with E-state index in [0.717, 1.165) is 4.90 Å². The van der Waals surface area contributed by atoms with Gasteiger partial charge in [0.15, 0.2) is 0 Å². The number of nitrogens with zero attached hydrogens (tertiary/aromatic N) is 1. The van der Waals surface area contributed by atoms with E-state index in [0.29, 0.717) is 0 Å². The first-order valence-corrected chi connectivity index (χ1v) is 5.22. The van der Waals surface area contributed by atoms with Crippen LogP contribution in [0.3, 0.4) is 0 Å². The largest absolute Gasteiger partial charge is 0.401 e. The van der Waals surface area contributed by atoms with Crippen molar-refractivity contribution in [1.82, 2.24) is 10.2 Å².